The van der Waals surface area contributed by atoms with E-state index in [4.69, 9.17) is 0 Å². The summed E-state index contributed by atoms with van der Waals surface area (Å²) in [6.45, 7) is 6.88. The van der Waals surface area contributed by atoms with Gasteiger partial charge in [-0.3, -0.25) is 0 Å². The maximum atomic E-state index is 3.70. The first-order valence-electron chi connectivity index (χ1n) is 6.60. The zero-order chi connectivity index (χ0) is 12.3. The Kier molecular flexibility index (Phi) is 4.26. The van der Waals surface area contributed by atoms with Crippen LogP contribution in [0.3, 0.4) is 0 Å². The molecule has 1 heterocycles. The maximum Gasteiger partial charge on any atom is 0.0213 e. The van der Waals surface area contributed by atoms with Crippen LogP contribution in [0.25, 0.3) is 0 Å². The number of hydrogen-bond acceptors (Lipinski definition) is 1. The highest BCUT2D eigenvalue weighted by Crippen LogP contribution is 2.38. The zero-order valence-corrected chi connectivity index (χ0v) is 12.4. The standard InChI is InChI=1S/C15H22BrN/c1-12(2)6-5-9-15(10-17-11-15)13-7-3-4-8-14(13)16/h3-4,7-8,12,17H,5-6,9-11H2,1-2H3. The molecule has 2 rings (SSSR count). The van der Waals surface area contributed by atoms with Gasteiger partial charge in [0, 0.05) is 23.0 Å². The van der Waals surface area contributed by atoms with E-state index in [0.29, 0.717) is 5.41 Å². The highest BCUT2D eigenvalue weighted by molar-refractivity contribution is 9.10. The van der Waals surface area contributed by atoms with E-state index in [0.717, 1.165) is 19.0 Å². The van der Waals surface area contributed by atoms with Gasteiger partial charge in [0.2, 0.25) is 0 Å². The van der Waals surface area contributed by atoms with Crippen molar-refractivity contribution >= 4 is 15.9 Å². The lowest BCUT2D eigenvalue weighted by molar-refractivity contribution is 0.245. The van der Waals surface area contributed by atoms with Crippen molar-refractivity contribution in [1.82, 2.24) is 5.32 Å². The van der Waals surface area contributed by atoms with Gasteiger partial charge in [-0.15, -0.1) is 0 Å². The van der Waals surface area contributed by atoms with E-state index in [1.807, 2.05) is 0 Å². The Morgan fingerprint density at radius 2 is 2.00 bits per heavy atom. The quantitative estimate of drug-likeness (QED) is 0.862. The molecule has 0 radical (unpaired) electrons. The van der Waals surface area contributed by atoms with Crippen LogP contribution >= 0.6 is 15.9 Å². The van der Waals surface area contributed by atoms with Gasteiger partial charge in [-0.1, -0.05) is 60.8 Å². The summed E-state index contributed by atoms with van der Waals surface area (Å²) < 4.78 is 1.27. The van der Waals surface area contributed by atoms with Crippen molar-refractivity contribution in [2.45, 2.75) is 38.5 Å². The van der Waals surface area contributed by atoms with Gasteiger partial charge in [-0.25, -0.2) is 0 Å². The van der Waals surface area contributed by atoms with Crippen LogP contribution in [0.15, 0.2) is 28.7 Å². The third-order valence-electron chi connectivity index (χ3n) is 3.81. The van der Waals surface area contributed by atoms with E-state index in [-0.39, 0.29) is 0 Å². The molecule has 1 nitrogen and oxygen atoms in total. The SMILES string of the molecule is CC(C)CCCC1(c2ccccc2Br)CNC1. The average molecular weight is 296 g/mol. The van der Waals surface area contributed by atoms with Crippen LogP contribution in [0.5, 0.6) is 0 Å². The predicted octanol–water partition coefficient (Wildman–Crippen LogP) is 4.12. The third-order valence-corrected chi connectivity index (χ3v) is 4.50. The second-order valence-corrected chi connectivity index (χ2v) is 6.50. The topological polar surface area (TPSA) is 12.0 Å². The normalized spacial score (nSPS) is 18.1. The zero-order valence-electron chi connectivity index (χ0n) is 10.8. The highest BCUT2D eigenvalue weighted by Gasteiger charge is 2.39. The fourth-order valence-corrected chi connectivity index (χ4v) is 3.37. The Morgan fingerprint density at radius 3 is 2.53 bits per heavy atom. The van der Waals surface area contributed by atoms with Gasteiger partial charge in [0.05, 0.1) is 0 Å². The molecule has 1 N–H and O–H groups in total. The lowest BCUT2D eigenvalue weighted by atomic mass is 9.71. The number of halogens is 1. The smallest absolute Gasteiger partial charge is 0.0213 e. The largest absolute Gasteiger partial charge is 0.315 e. The van der Waals surface area contributed by atoms with Crippen LogP contribution in [0.1, 0.15) is 38.7 Å². The molecule has 1 aliphatic rings. The lowest BCUT2D eigenvalue weighted by Crippen LogP contribution is -2.56. The maximum absolute atomic E-state index is 3.70. The molecule has 0 amide bonds. The minimum Gasteiger partial charge on any atom is -0.315 e. The molecule has 17 heavy (non-hydrogen) atoms. The van der Waals surface area contributed by atoms with E-state index in [1.54, 1.807) is 0 Å². The fourth-order valence-electron chi connectivity index (χ4n) is 2.67. The molecule has 0 saturated carbocycles. The molecule has 1 saturated heterocycles. The van der Waals surface area contributed by atoms with E-state index >= 15 is 0 Å². The summed E-state index contributed by atoms with van der Waals surface area (Å²) in [4.78, 5) is 0. The Balaban J connectivity index is 2.07. The molecule has 0 aromatic heterocycles. The first-order valence-corrected chi connectivity index (χ1v) is 7.39. The number of nitrogens with one attached hydrogen (secondary N) is 1. The fraction of sp³-hybridized carbons (Fsp3) is 0.600. The molecule has 94 valence electrons. The van der Waals surface area contributed by atoms with Crippen molar-refractivity contribution < 1.29 is 0 Å². The molecular formula is C15H22BrN. The summed E-state index contributed by atoms with van der Waals surface area (Å²) in [6.07, 6.45) is 3.98. The van der Waals surface area contributed by atoms with Gasteiger partial charge in [0.25, 0.3) is 0 Å². The molecule has 2 heteroatoms. The van der Waals surface area contributed by atoms with Crippen LogP contribution in [0.2, 0.25) is 0 Å². The summed E-state index contributed by atoms with van der Waals surface area (Å²) >= 11 is 3.70. The minimum atomic E-state index is 0.384. The first kappa shape index (κ1) is 13.1. The van der Waals surface area contributed by atoms with Crippen molar-refractivity contribution in [2.75, 3.05) is 13.1 Å². The first-order chi connectivity index (χ1) is 8.14. The summed E-state index contributed by atoms with van der Waals surface area (Å²) in [5.41, 5.74) is 1.87. The molecule has 0 bridgehead atoms. The molecular weight excluding hydrogens is 274 g/mol. The third kappa shape index (κ3) is 2.92. The van der Waals surface area contributed by atoms with E-state index < -0.39 is 0 Å². The number of hydrogen-bond donors (Lipinski definition) is 1. The molecule has 1 aliphatic heterocycles. The average Bonchev–Trinajstić information content (AvgIpc) is 2.23. The monoisotopic (exact) mass is 295 g/mol. The summed E-state index contributed by atoms with van der Waals surface area (Å²) in [7, 11) is 0. The van der Waals surface area contributed by atoms with Gasteiger partial charge < -0.3 is 5.32 Å². The van der Waals surface area contributed by atoms with Crippen LogP contribution in [0, 0.1) is 5.92 Å². The lowest BCUT2D eigenvalue weighted by Gasteiger charge is -2.44. The van der Waals surface area contributed by atoms with Gasteiger partial charge in [-0.05, 0) is 24.0 Å². The molecule has 0 unspecified atom stereocenters. The van der Waals surface area contributed by atoms with E-state index in [2.05, 4.69) is 59.4 Å². The van der Waals surface area contributed by atoms with Gasteiger partial charge in [-0.2, -0.15) is 0 Å². The van der Waals surface area contributed by atoms with Gasteiger partial charge in [0.1, 0.15) is 0 Å². The van der Waals surface area contributed by atoms with Crippen molar-refractivity contribution in [3.8, 4) is 0 Å². The minimum absolute atomic E-state index is 0.384. The number of benzene rings is 1. The van der Waals surface area contributed by atoms with E-state index in [9.17, 15) is 0 Å². The van der Waals surface area contributed by atoms with Crippen molar-refractivity contribution in [3.63, 3.8) is 0 Å². The Hall–Kier alpha value is -0.340. The van der Waals surface area contributed by atoms with Gasteiger partial charge >= 0.3 is 0 Å². The summed E-state index contributed by atoms with van der Waals surface area (Å²) in [5, 5.41) is 3.45. The summed E-state index contributed by atoms with van der Waals surface area (Å²) in [6, 6.07) is 8.70. The van der Waals surface area contributed by atoms with Gasteiger partial charge in [0.15, 0.2) is 0 Å². The molecule has 0 atom stereocenters. The molecule has 0 aliphatic carbocycles. The van der Waals surface area contributed by atoms with Crippen molar-refractivity contribution in [3.05, 3.63) is 34.3 Å². The Morgan fingerprint density at radius 1 is 1.29 bits per heavy atom. The van der Waals surface area contributed by atoms with Crippen LogP contribution in [-0.2, 0) is 5.41 Å². The Bertz CT molecular complexity index is 369. The summed E-state index contributed by atoms with van der Waals surface area (Å²) in [5.74, 6) is 0.819. The molecule has 1 aromatic rings. The highest BCUT2D eigenvalue weighted by atomic mass is 79.9. The van der Waals surface area contributed by atoms with Crippen LogP contribution in [0.4, 0.5) is 0 Å². The number of rotatable bonds is 5. The molecule has 1 fully saturated rings. The van der Waals surface area contributed by atoms with Crippen molar-refractivity contribution in [2.24, 2.45) is 5.92 Å². The van der Waals surface area contributed by atoms with Crippen LogP contribution < -0.4 is 5.32 Å². The molecule has 1 aromatic carbocycles. The Labute approximate surface area is 113 Å². The molecule has 0 spiro atoms. The second kappa shape index (κ2) is 5.53. The predicted molar refractivity (Wildman–Crippen MR) is 77.4 cm³/mol. The van der Waals surface area contributed by atoms with Crippen molar-refractivity contribution in [1.29, 1.82) is 0 Å². The second-order valence-electron chi connectivity index (χ2n) is 5.65. The van der Waals surface area contributed by atoms with E-state index in [1.165, 1.54) is 29.3 Å². The van der Waals surface area contributed by atoms with Crippen LogP contribution in [-0.4, -0.2) is 13.1 Å².